The highest BCUT2D eigenvalue weighted by atomic mass is 31.2. The predicted octanol–water partition coefficient (Wildman–Crippen LogP) is 13.4. The predicted molar refractivity (Wildman–Crippen MR) is 238 cm³/mol. The zero-order chi connectivity index (χ0) is 41.8. The third kappa shape index (κ3) is 44.3. The van der Waals surface area contributed by atoms with Crippen LogP contribution in [0.4, 0.5) is 0 Å². The Morgan fingerprint density at radius 3 is 1.32 bits per heavy atom. The van der Waals surface area contributed by atoms with Gasteiger partial charge in [0.05, 0.1) is 26.4 Å². The number of esters is 1. The van der Waals surface area contributed by atoms with Gasteiger partial charge in [-0.2, -0.15) is 0 Å². The molecule has 3 N–H and O–H groups in total. The second kappa shape index (κ2) is 44.5. The van der Waals surface area contributed by atoms with Gasteiger partial charge in [-0.1, -0.05) is 179 Å². The molecule has 3 unspecified atom stereocenters. The Hall–Kier alpha value is -1.06. The van der Waals surface area contributed by atoms with Crippen molar-refractivity contribution < 1.29 is 43.0 Å². The summed E-state index contributed by atoms with van der Waals surface area (Å²) in [5, 5.41) is 18.4. The maximum atomic E-state index is 12.6. The number of hydrogen-bond acceptors (Lipinski definition) is 8. The standard InChI is InChI=1S/C47H91O9P/c1-3-5-7-9-11-13-15-17-19-21-22-24-26-28-30-32-34-36-38-40-53-43-46(44-55-57(51,52)54-42-45(49)41-48)56-47(50)39-37-35-33-31-29-27-25-23-20-18-16-14-12-10-8-6-4-2/h18-21,45-46,48-49H,3-17,22-44H2,1-2H3,(H,51,52)/b20-18-,21-19-. The zero-order valence-corrected chi connectivity index (χ0v) is 38.0. The number of phosphoric ester groups is 1. The highest BCUT2D eigenvalue weighted by molar-refractivity contribution is 7.47. The minimum absolute atomic E-state index is 0.0483. The van der Waals surface area contributed by atoms with Crippen LogP contribution in [0.25, 0.3) is 0 Å². The molecule has 0 heterocycles. The van der Waals surface area contributed by atoms with Gasteiger partial charge < -0.3 is 24.6 Å². The molecule has 0 aromatic rings. The number of phosphoric acid groups is 1. The first-order chi connectivity index (χ1) is 27.8. The number of aliphatic hydroxyl groups excluding tert-OH is 2. The molecule has 9 nitrogen and oxygen atoms in total. The molecule has 338 valence electrons. The molecule has 3 atom stereocenters. The van der Waals surface area contributed by atoms with E-state index in [1.165, 1.54) is 154 Å². The summed E-state index contributed by atoms with van der Waals surface area (Å²) in [5.41, 5.74) is 0. The molecule has 0 saturated heterocycles. The average molecular weight is 831 g/mol. The van der Waals surface area contributed by atoms with Crippen LogP contribution < -0.4 is 0 Å². The van der Waals surface area contributed by atoms with E-state index in [9.17, 15) is 19.4 Å². The van der Waals surface area contributed by atoms with Crippen molar-refractivity contribution in [3.05, 3.63) is 24.3 Å². The molecule has 0 aromatic heterocycles. The number of unbranched alkanes of at least 4 members (excludes halogenated alkanes) is 28. The van der Waals surface area contributed by atoms with E-state index < -0.39 is 33.2 Å². The lowest BCUT2D eigenvalue weighted by Gasteiger charge is -2.20. The monoisotopic (exact) mass is 831 g/mol. The number of allylic oxidation sites excluding steroid dienone is 4. The average Bonchev–Trinajstić information content (AvgIpc) is 3.20. The first-order valence-corrected chi connectivity index (χ1v) is 25.3. The number of carbonyl (C=O) groups excluding carboxylic acids is 1. The lowest BCUT2D eigenvalue weighted by atomic mass is 10.1. The van der Waals surface area contributed by atoms with Crippen molar-refractivity contribution in [1.82, 2.24) is 0 Å². The van der Waals surface area contributed by atoms with Crippen molar-refractivity contribution in [1.29, 1.82) is 0 Å². The fourth-order valence-electron chi connectivity index (χ4n) is 6.70. The molecular formula is C47H91O9P. The minimum atomic E-state index is -4.52. The number of carbonyl (C=O) groups is 1. The summed E-state index contributed by atoms with van der Waals surface area (Å²) in [6, 6.07) is 0. The molecule has 0 rings (SSSR count). The lowest BCUT2D eigenvalue weighted by Crippen LogP contribution is -2.29. The fourth-order valence-corrected chi connectivity index (χ4v) is 7.49. The Bertz CT molecular complexity index is 944. The van der Waals surface area contributed by atoms with Crippen LogP contribution in [-0.4, -0.2) is 66.3 Å². The van der Waals surface area contributed by atoms with Gasteiger partial charge in [-0.25, -0.2) is 4.57 Å². The van der Waals surface area contributed by atoms with E-state index in [2.05, 4.69) is 38.2 Å². The summed E-state index contributed by atoms with van der Waals surface area (Å²) in [4.78, 5) is 22.6. The highest BCUT2D eigenvalue weighted by Gasteiger charge is 2.26. The Labute approximate surface area is 351 Å². The molecular weight excluding hydrogens is 739 g/mol. The van der Waals surface area contributed by atoms with Crippen LogP contribution in [0.2, 0.25) is 0 Å². The first kappa shape index (κ1) is 55.9. The summed E-state index contributed by atoms with van der Waals surface area (Å²) >= 11 is 0. The van der Waals surface area contributed by atoms with Gasteiger partial charge in [-0.15, -0.1) is 0 Å². The third-order valence-corrected chi connectivity index (χ3v) is 11.3. The second-order valence-corrected chi connectivity index (χ2v) is 17.6. The van der Waals surface area contributed by atoms with E-state index in [0.717, 1.165) is 51.4 Å². The van der Waals surface area contributed by atoms with E-state index in [4.69, 9.17) is 23.6 Å². The van der Waals surface area contributed by atoms with E-state index >= 15 is 0 Å². The fraction of sp³-hybridized carbons (Fsp3) is 0.894. The van der Waals surface area contributed by atoms with Crippen LogP contribution in [0.3, 0.4) is 0 Å². The van der Waals surface area contributed by atoms with Crippen molar-refractivity contribution in [2.75, 3.05) is 33.0 Å². The van der Waals surface area contributed by atoms with Crippen molar-refractivity contribution in [3.63, 3.8) is 0 Å². The van der Waals surface area contributed by atoms with Crippen molar-refractivity contribution in [2.24, 2.45) is 0 Å². The number of aliphatic hydroxyl groups is 2. The van der Waals surface area contributed by atoms with Crippen molar-refractivity contribution >= 4 is 13.8 Å². The maximum Gasteiger partial charge on any atom is 0.472 e. The summed E-state index contributed by atoms with van der Waals surface area (Å²) in [6.45, 7) is 3.54. The largest absolute Gasteiger partial charge is 0.472 e. The Balaban J connectivity index is 4.11. The molecule has 57 heavy (non-hydrogen) atoms. The van der Waals surface area contributed by atoms with Gasteiger partial charge in [-0.05, 0) is 64.2 Å². The zero-order valence-electron chi connectivity index (χ0n) is 37.1. The topological polar surface area (TPSA) is 132 Å². The molecule has 0 aliphatic rings. The first-order valence-electron chi connectivity index (χ1n) is 23.8. The Morgan fingerprint density at radius 1 is 0.526 bits per heavy atom. The number of rotatable bonds is 46. The normalized spacial score (nSPS) is 14.1. The van der Waals surface area contributed by atoms with Gasteiger partial charge in [0.1, 0.15) is 12.2 Å². The smallest absolute Gasteiger partial charge is 0.457 e. The van der Waals surface area contributed by atoms with Crippen LogP contribution in [0.15, 0.2) is 24.3 Å². The third-order valence-electron chi connectivity index (χ3n) is 10.4. The molecule has 0 radical (unpaired) electrons. The Morgan fingerprint density at radius 2 is 0.895 bits per heavy atom. The second-order valence-electron chi connectivity index (χ2n) is 16.1. The van der Waals surface area contributed by atoms with Crippen molar-refractivity contribution in [3.8, 4) is 0 Å². The maximum absolute atomic E-state index is 12.6. The molecule has 0 aliphatic heterocycles. The summed E-state index contributed by atoms with van der Waals surface area (Å²) < 4.78 is 33.5. The van der Waals surface area contributed by atoms with E-state index in [-0.39, 0.29) is 25.6 Å². The van der Waals surface area contributed by atoms with Crippen LogP contribution in [0.1, 0.15) is 226 Å². The van der Waals surface area contributed by atoms with Crippen molar-refractivity contribution in [2.45, 2.75) is 238 Å². The van der Waals surface area contributed by atoms with Gasteiger partial charge in [0.15, 0.2) is 0 Å². The molecule has 0 bridgehead atoms. The SMILES string of the molecule is CCCCCCCC/C=C\CCCCCCCCCC(=O)OC(COCCCCCCCCCC/C=C\CCCCCCCCC)COP(=O)(O)OCC(O)CO. The van der Waals surface area contributed by atoms with Gasteiger partial charge in [0.25, 0.3) is 0 Å². The Kier molecular flexibility index (Phi) is 43.7. The summed E-state index contributed by atoms with van der Waals surface area (Å²) in [5.74, 6) is -0.385. The van der Waals surface area contributed by atoms with Crippen LogP contribution in [0, 0.1) is 0 Å². The number of ether oxygens (including phenoxy) is 2. The summed E-state index contributed by atoms with van der Waals surface area (Å²) in [7, 11) is -4.52. The van der Waals surface area contributed by atoms with Gasteiger partial charge in [0.2, 0.25) is 0 Å². The molecule has 0 fully saturated rings. The molecule has 0 aliphatic carbocycles. The van der Waals surface area contributed by atoms with E-state index in [0.29, 0.717) is 6.61 Å². The van der Waals surface area contributed by atoms with Crippen LogP contribution in [-0.2, 0) is 27.9 Å². The van der Waals surface area contributed by atoms with E-state index in [1.54, 1.807) is 0 Å². The quantitative estimate of drug-likeness (QED) is 0.0237. The van der Waals surface area contributed by atoms with E-state index in [1.807, 2.05) is 0 Å². The number of hydrogen-bond donors (Lipinski definition) is 3. The van der Waals surface area contributed by atoms with Crippen LogP contribution >= 0.6 is 7.82 Å². The molecule has 0 amide bonds. The molecule has 0 saturated carbocycles. The molecule has 0 spiro atoms. The van der Waals surface area contributed by atoms with Crippen LogP contribution in [0.5, 0.6) is 0 Å². The molecule has 10 heteroatoms. The summed E-state index contributed by atoms with van der Waals surface area (Å²) in [6.07, 6.45) is 47.1. The van der Waals surface area contributed by atoms with Gasteiger partial charge in [-0.3, -0.25) is 13.8 Å². The minimum Gasteiger partial charge on any atom is -0.457 e. The van der Waals surface area contributed by atoms with Gasteiger partial charge in [0, 0.05) is 13.0 Å². The highest BCUT2D eigenvalue weighted by Crippen LogP contribution is 2.43. The lowest BCUT2D eigenvalue weighted by molar-refractivity contribution is -0.154. The van der Waals surface area contributed by atoms with Gasteiger partial charge >= 0.3 is 13.8 Å². The molecule has 0 aromatic carbocycles.